The van der Waals surface area contributed by atoms with Crippen molar-refractivity contribution in [3.05, 3.63) is 17.2 Å². The number of fused-ring (bicyclic) bond motifs is 1. The summed E-state index contributed by atoms with van der Waals surface area (Å²) < 4.78 is 8.33. The average molecular weight is 299 g/mol. The van der Waals surface area contributed by atoms with E-state index in [2.05, 4.69) is 19.4 Å². The van der Waals surface area contributed by atoms with E-state index in [-0.39, 0.29) is 18.5 Å². The van der Waals surface area contributed by atoms with Crippen molar-refractivity contribution < 1.29 is 4.79 Å². The summed E-state index contributed by atoms with van der Waals surface area (Å²) in [6.07, 6.45) is 0.901. The number of benzene rings is 1. The molecule has 0 fully saturated rings. The third-order valence-electron chi connectivity index (χ3n) is 2.82. The van der Waals surface area contributed by atoms with E-state index in [9.17, 15) is 4.79 Å². The summed E-state index contributed by atoms with van der Waals surface area (Å²) in [5.74, 6) is -0.0643. The number of hydrogen-bond donors (Lipinski definition) is 2. The summed E-state index contributed by atoms with van der Waals surface area (Å²) in [5, 5.41) is 6.45. The van der Waals surface area contributed by atoms with E-state index < -0.39 is 0 Å². The maximum atomic E-state index is 11.7. The Kier molecular flexibility index (Phi) is 4.55. The van der Waals surface area contributed by atoms with E-state index in [1.165, 1.54) is 0 Å². The highest BCUT2D eigenvalue weighted by molar-refractivity contribution is 7.00. The maximum Gasteiger partial charge on any atom is 0.239 e. The van der Waals surface area contributed by atoms with E-state index in [4.69, 9.17) is 11.6 Å². The number of nitrogens with one attached hydrogen (secondary N) is 2. The predicted molar refractivity (Wildman–Crippen MR) is 78.8 cm³/mol. The maximum absolute atomic E-state index is 11.7. The van der Waals surface area contributed by atoms with Crippen LogP contribution in [0.15, 0.2) is 12.1 Å². The molecule has 1 aromatic carbocycles. The highest BCUT2D eigenvalue weighted by Gasteiger charge is 2.11. The zero-order chi connectivity index (χ0) is 13.8. The molecule has 0 saturated carbocycles. The van der Waals surface area contributed by atoms with Gasteiger partial charge in [0.25, 0.3) is 0 Å². The van der Waals surface area contributed by atoms with Crippen LogP contribution in [0.5, 0.6) is 0 Å². The van der Waals surface area contributed by atoms with Gasteiger partial charge in [-0.15, -0.1) is 0 Å². The second-order valence-corrected chi connectivity index (χ2v) is 5.22. The molecule has 0 bridgehead atoms. The minimum Gasteiger partial charge on any atom is -0.373 e. The number of halogens is 1. The lowest BCUT2D eigenvalue weighted by Crippen LogP contribution is -2.36. The smallest absolute Gasteiger partial charge is 0.239 e. The Morgan fingerprint density at radius 3 is 3.00 bits per heavy atom. The van der Waals surface area contributed by atoms with Gasteiger partial charge in [0.15, 0.2) is 0 Å². The summed E-state index contributed by atoms with van der Waals surface area (Å²) in [6.45, 7) is 4.16. The Hall–Kier alpha value is -1.40. The zero-order valence-corrected chi connectivity index (χ0v) is 12.3. The zero-order valence-electron chi connectivity index (χ0n) is 10.7. The Morgan fingerprint density at radius 2 is 2.26 bits per heavy atom. The number of carbonyl (C=O) groups is 1. The molecule has 0 radical (unpaired) electrons. The van der Waals surface area contributed by atoms with Gasteiger partial charge in [-0.25, -0.2) is 0 Å². The fourth-order valence-electron chi connectivity index (χ4n) is 1.59. The topological polar surface area (TPSA) is 66.9 Å². The van der Waals surface area contributed by atoms with Crippen molar-refractivity contribution in [1.29, 1.82) is 0 Å². The molecule has 1 amide bonds. The van der Waals surface area contributed by atoms with E-state index in [1.54, 1.807) is 6.07 Å². The highest BCUT2D eigenvalue weighted by Crippen LogP contribution is 2.29. The summed E-state index contributed by atoms with van der Waals surface area (Å²) >= 11 is 7.24. The number of hydrogen-bond acceptors (Lipinski definition) is 5. The molecular formula is C12H15ClN4OS. The first-order chi connectivity index (χ1) is 9.11. The van der Waals surface area contributed by atoms with Crippen LogP contribution in [0.3, 0.4) is 0 Å². The molecule has 0 spiro atoms. The van der Waals surface area contributed by atoms with Crippen LogP contribution in [-0.2, 0) is 4.79 Å². The van der Waals surface area contributed by atoms with Crippen LogP contribution in [0.1, 0.15) is 20.3 Å². The molecule has 2 N–H and O–H groups in total. The van der Waals surface area contributed by atoms with Crippen molar-refractivity contribution >= 4 is 46.0 Å². The first-order valence-corrected chi connectivity index (χ1v) is 7.16. The van der Waals surface area contributed by atoms with Crippen LogP contribution in [0.4, 0.5) is 5.69 Å². The molecule has 19 heavy (non-hydrogen) atoms. The van der Waals surface area contributed by atoms with Crippen LogP contribution in [0.25, 0.3) is 11.0 Å². The largest absolute Gasteiger partial charge is 0.373 e. The van der Waals surface area contributed by atoms with Crippen LogP contribution >= 0.6 is 23.3 Å². The normalized spacial score (nSPS) is 12.4. The third kappa shape index (κ3) is 3.33. The van der Waals surface area contributed by atoms with Gasteiger partial charge in [0, 0.05) is 6.04 Å². The number of anilines is 1. The van der Waals surface area contributed by atoms with Crippen LogP contribution < -0.4 is 10.6 Å². The molecule has 0 aliphatic rings. The Balaban J connectivity index is 2.07. The molecule has 0 aliphatic heterocycles. The molecule has 1 atom stereocenters. The van der Waals surface area contributed by atoms with E-state index >= 15 is 0 Å². The van der Waals surface area contributed by atoms with Crippen molar-refractivity contribution in [2.24, 2.45) is 0 Å². The van der Waals surface area contributed by atoms with Gasteiger partial charge in [-0.2, -0.15) is 8.75 Å². The first-order valence-electron chi connectivity index (χ1n) is 6.05. The Bertz CT molecular complexity index is 586. The molecule has 1 unspecified atom stereocenters. The lowest BCUT2D eigenvalue weighted by molar-refractivity contribution is -0.120. The lowest BCUT2D eigenvalue weighted by Gasteiger charge is -2.13. The van der Waals surface area contributed by atoms with Crippen molar-refractivity contribution in [2.75, 3.05) is 11.9 Å². The summed E-state index contributed by atoms with van der Waals surface area (Å²) in [6, 6.07) is 3.73. The van der Waals surface area contributed by atoms with Crippen LogP contribution in [0, 0.1) is 0 Å². The molecule has 1 aromatic heterocycles. The van der Waals surface area contributed by atoms with Crippen molar-refractivity contribution in [1.82, 2.24) is 14.1 Å². The molecule has 1 heterocycles. The average Bonchev–Trinajstić information content (AvgIpc) is 2.85. The quantitative estimate of drug-likeness (QED) is 0.890. The van der Waals surface area contributed by atoms with Crippen LogP contribution in [0.2, 0.25) is 5.02 Å². The Morgan fingerprint density at radius 1 is 1.47 bits per heavy atom. The summed E-state index contributed by atoms with van der Waals surface area (Å²) in [5.41, 5.74) is 2.14. The van der Waals surface area contributed by atoms with Gasteiger partial charge in [-0.3, -0.25) is 4.79 Å². The van der Waals surface area contributed by atoms with Gasteiger partial charge in [0.2, 0.25) is 5.91 Å². The standard InChI is InChI=1S/C12H15ClN4OS/c1-3-7(2)15-10(18)6-14-11-8(13)4-5-9-12(11)17-19-16-9/h4-5,7,14H,3,6H2,1-2H3,(H,15,18). The lowest BCUT2D eigenvalue weighted by atomic mass is 10.2. The van der Waals surface area contributed by atoms with Crippen molar-refractivity contribution in [3.63, 3.8) is 0 Å². The second kappa shape index (κ2) is 6.16. The number of aromatic nitrogens is 2. The Labute approximate surface area is 120 Å². The fraction of sp³-hybridized carbons (Fsp3) is 0.417. The minimum atomic E-state index is -0.0643. The van der Waals surface area contributed by atoms with Crippen molar-refractivity contribution in [2.45, 2.75) is 26.3 Å². The van der Waals surface area contributed by atoms with Crippen LogP contribution in [-0.4, -0.2) is 27.2 Å². The SMILES string of the molecule is CCC(C)NC(=O)CNc1c(Cl)ccc2nsnc12. The molecule has 2 aromatic rings. The molecular weight excluding hydrogens is 284 g/mol. The van der Waals surface area contributed by atoms with E-state index in [0.29, 0.717) is 16.2 Å². The number of nitrogens with zero attached hydrogens (tertiary/aromatic N) is 2. The molecule has 7 heteroatoms. The molecule has 102 valence electrons. The van der Waals surface area contributed by atoms with E-state index in [1.807, 2.05) is 19.9 Å². The second-order valence-electron chi connectivity index (χ2n) is 4.28. The molecule has 0 saturated heterocycles. The number of carbonyl (C=O) groups excluding carboxylic acids is 1. The minimum absolute atomic E-state index is 0.0643. The summed E-state index contributed by atoms with van der Waals surface area (Å²) in [4.78, 5) is 11.7. The van der Waals surface area contributed by atoms with E-state index in [0.717, 1.165) is 23.7 Å². The summed E-state index contributed by atoms with van der Waals surface area (Å²) in [7, 11) is 0. The van der Waals surface area contributed by atoms with Gasteiger partial charge >= 0.3 is 0 Å². The van der Waals surface area contributed by atoms with Gasteiger partial charge in [-0.05, 0) is 25.5 Å². The first kappa shape index (κ1) is 14.0. The van der Waals surface area contributed by atoms with Gasteiger partial charge < -0.3 is 10.6 Å². The third-order valence-corrected chi connectivity index (χ3v) is 3.68. The number of amides is 1. The van der Waals surface area contributed by atoms with Gasteiger partial charge in [-0.1, -0.05) is 18.5 Å². The monoisotopic (exact) mass is 298 g/mol. The van der Waals surface area contributed by atoms with Crippen molar-refractivity contribution in [3.8, 4) is 0 Å². The van der Waals surface area contributed by atoms with Gasteiger partial charge in [0.05, 0.1) is 29.0 Å². The number of rotatable bonds is 5. The molecule has 0 aliphatic carbocycles. The predicted octanol–water partition coefficient (Wildman–Crippen LogP) is 2.67. The molecule has 2 rings (SSSR count). The van der Waals surface area contributed by atoms with Gasteiger partial charge in [0.1, 0.15) is 11.0 Å². The highest BCUT2D eigenvalue weighted by atomic mass is 35.5. The fourth-order valence-corrected chi connectivity index (χ4v) is 2.35. The molecule has 5 nitrogen and oxygen atoms in total.